The lowest BCUT2D eigenvalue weighted by atomic mass is 9.95. The van der Waals surface area contributed by atoms with Crippen LogP contribution in [0.25, 0.3) is 27.5 Å². The van der Waals surface area contributed by atoms with Crippen LogP contribution in [0.5, 0.6) is 0 Å². The maximum Gasteiger partial charge on any atom is 0.224 e. The molecule has 0 bridgehead atoms. The van der Waals surface area contributed by atoms with Crippen molar-refractivity contribution in [2.75, 3.05) is 12.4 Å². The fourth-order valence-electron chi connectivity index (χ4n) is 4.02. The molecule has 0 unspecified atom stereocenters. The van der Waals surface area contributed by atoms with Gasteiger partial charge in [0.25, 0.3) is 0 Å². The van der Waals surface area contributed by atoms with Crippen molar-refractivity contribution >= 4 is 28.3 Å². The molecule has 3 aromatic heterocycles. The van der Waals surface area contributed by atoms with Crippen LogP contribution in [0.1, 0.15) is 23.7 Å². The second-order valence-electron chi connectivity index (χ2n) is 7.82. The van der Waals surface area contributed by atoms with Gasteiger partial charge < -0.3 is 10.6 Å². The van der Waals surface area contributed by atoms with Crippen LogP contribution in [0.3, 0.4) is 0 Å². The Balaban J connectivity index is 1.64. The van der Waals surface area contributed by atoms with Crippen LogP contribution in [0.4, 0.5) is 5.13 Å². The highest BCUT2D eigenvalue weighted by Gasteiger charge is 2.30. The standard InChI is InChI=1S/C24H22N6O2S/c1-14(31)27-24-28-19-10-9-18-21(16-4-3-11-26-13-16)29-30(22(18)23(19)33-24)17-7-5-15(6-8-17)12-20(32)25-2/h3-8,11,13H,9-10,12H2,1-2H3,(H,25,32)(H,27,28,31). The molecule has 33 heavy (non-hydrogen) atoms. The van der Waals surface area contributed by atoms with E-state index >= 15 is 0 Å². The molecular weight excluding hydrogens is 436 g/mol. The van der Waals surface area contributed by atoms with Gasteiger partial charge in [-0.15, -0.1) is 0 Å². The maximum absolute atomic E-state index is 11.7. The fourth-order valence-corrected chi connectivity index (χ4v) is 5.14. The second kappa shape index (κ2) is 8.59. The van der Waals surface area contributed by atoms with Crippen LogP contribution in [0, 0.1) is 0 Å². The van der Waals surface area contributed by atoms with Gasteiger partial charge in [-0.05, 0) is 42.7 Å². The van der Waals surface area contributed by atoms with Crippen molar-refractivity contribution in [1.29, 1.82) is 0 Å². The zero-order valence-corrected chi connectivity index (χ0v) is 19.1. The molecule has 0 atom stereocenters. The normalized spacial score (nSPS) is 12.1. The molecule has 0 radical (unpaired) electrons. The predicted octanol–water partition coefficient (Wildman–Crippen LogP) is 3.40. The van der Waals surface area contributed by atoms with Gasteiger partial charge in [0.15, 0.2) is 5.13 Å². The molecule has 1 aliphatic carbocycles. The topological polar surface area (TPSA) is 102 Å². The monoisotopic (exact) mass is 458 g/mol. The lowest BCUT2D eigenvalue weighted by Gasteiger charge is -2.14. The van der Waals surface area contributed by atoms with Crippen LogP contribution >= 0.6 is 11.3 Å². The van der Waals surface area contributed by atoms with Gasteiger partial charge in [-0.3, -0.25) is 14.6 Å². The summed E-state index contributed by atoms with van der Waals surface area (Å²) in [6, 6.07) is 11.8. The minimum atomic E-state index is -0.141. The number of benzene rings is 1. The third-order valence-electron chi connectivity index (χ3n) is 5.55. The molecule has 3 heterocycles. The van der Waals surface area contributed by atoms with Crippen molar-refractivity contribution in [2.45, 2.75) is 26.2 Å². The first-order valence-corrected chi connectivity index (χ1v) is 11.4. The summed E-state index contributed by atoms with van der Waals surface area (Å²) in [5, 5.41) is 11.1. The van der Waals surface area contributed by atoms with Gasteiger partial charge in [-0.2, -0.15) is 5.10 Å². The van der Waals surface area contributed by atoms with Crippen molar-refractivity contribution in [3.63, 3.8) is 0 Å². The number of aromatic nitrogens is 4. The smallest absolute Gasteiger partial charge is 0.224 e. The van der Waals surface area contributed by atoms with E-state index in [1.165, 1.54) is 18.3 Å². The number of thiazole rings is 1. The first-order valence-electron chi connectivity index (χ1n) is 10.6. The molecule has 1 aromatic carbocycles. The Bertz CT molecular complexity index is 1340. The van der Waals surface area contributed by atoms with E-state index in [1.807, 2.05) is 47.3 Å². The summed E-state index contributed by atoms with van der Waals surface area (Å²) in [7, 11) is 1.63. The molecule has 0 saturated heterocycles. The first kappa shape index (κ1) is 21.0. The number of carbonyl (C=O) groups excluding carboxylic acids is 2. The predicted molar refractivity (Wildman–Crippen MR) is 127 cm³/mol. The molecule has 4 aromatic rings. The largest absolute Gasteiger partial charge is 0.359 e. The number of likely N-dealkylation sites (N-methyl/N-ethyl adjacent to an activating group) is 1. The minimum Gasteiger partial charge on any atom is -0.359 e. The number of hydrogen-bond donors (Lipinski definition) is 2. The lowest BCUT2D eigenvalue weighted by molar-refractivity contribution is -0.120. The van der Waals surface area contributed by atoms with Crippen LogP contribution in [-0.4, -0.2) is 38.6 Å². The van der Waals surface area contributed by atoms with Gasteiger partial charge in [-0.25, -0.2) is 9.67 Å². The van der Waals surface area contributed by atoms with Crippen molar-refractivity contribution in [1.82, 2.24) is 25.1 Å². The van der Waals surface area contributed by atoms with Gasteiger partial charge in [0.1, 0.15) is 0 Å². The molecule has 0 fully saturated rings. The highest BCUT2D eigenvalue weighted by molar-refractivity contribution is 7.19. The molecule has 2 amide bonds. The Morgan fingerprint density at radius 1 is 1.15 bits per heavy atom. The summed E-state index contributed by atoms with van der Waals surface area (Å²) in [5.74, 6) is -0.171. The SMILES string of the molecule is CNC(=O)Cc1ccc(-n2nc(-c3cccnc3)c3c2-c2sc(NC(C)=O)nc2CC3)cc1. The summed E-state index contributed by atoms with van der Waals surface area (Å²) >= 11 is 1.47. The molecule has 0 aliphatic heterocycles. The summed E-state index contributed by atoms with van der Waals surface area (Å²) in [4.78, 5) is 33.3. The summed E-state index contributed by atoms with van der Waals surface area (Å²) in [6.45, 7) is 1.48. The number of pyridine rings is 1. The minimum absolute atomic E-state index is 0.0297. The molecule has 8 nitrogen and oxygen atoms in total. The number of nitrogens with one attached hydrogen (secondary N) is 2. The van der Waals surface area contributed by atoms with E-state index in [2.05, 4.69) is 20.6 Å². The molecule has 9 heteroatoms. The summed E-state index contributed by atoms with van der Waals surface area (Å²) in [5.41, 5.74) is 6.77. The van der Waals surface area contributed by atoms with Crippen molar-refractivity contribution in [3.8, 4) is 27.5 Å². The number of aryl methyl sites for hydroxylation is 1. The molecular formula is C24H22N6O2S. The third kappa shape index (κ3) is 4.03. The Hall–Kier alpha value is -3.85. The Morgan fingerprint density at radius 3 is 2.67 bits per heavy atom. The number of anilines is 1. The second-order valence-corrected chi connectivity index (χ2v) is 8.82. The van der Waals surface area contributed by atoms with E-state index in [0.717, 1.165) is 57.2 Å². The number of amides is 2. The maximum atomic E-state index is 11.7. The van der Waals surface area contributed by atoms with Gasteiger partial charge in [-0.1, -0.05) is 23.5 Å². The highest BCUT2D eigenvalue weighted by atomic mass is 32.1. The molecule has 2 N–H and O–H groups in total. The zero-order valence-electron chi connectivity index (χ0n) is 18.3. The molecule has 0 saturated carbocycles. The summed E-state index contributed by atoms with van der Waals surface area (Å²) in [6.07, 6.45) is 5.48. The van der Waals surface area contributed by atoms with E-state index < -0.39 is 0 Å². The van der Waals surface area contributed by atoms with Gasteiger partial charge >= 0.3 is 0 Å². The Labute approximate surface area is 194 Å². The van der Waals surface area contributed by atoms with E-state index in [-0.39, 0.29) is 11.8 Å². The van der Waals surface area contributed by atoms with Crippen LogP contribution in [0.2, 0.25) is 0 Å². The number of nitrogens with zero attached hydrogens (tertiary/aromatic N) is 4. The number of fused-ring (bicyclic) bond motifs is 3. The van der Waals surface area contributed by atoms with Crippen LogP contribution in [0.15, 0.2) is 48.8 Å². The lowest BCUT2D eigenvalue weighted by Crippen LogP contribution is -2.19. The Kier molecular flexibility index (Phi) is 5.47. The van der Waals surface area contributed by atoms with Crippen molar-refractivity contribution < 1.29 is 9.59 Å². The fraction of sp³-hybridized carbons (Fsp3) is 0.208. The van der Waals surface area contributed by atoms with E-state index in [1.54, 1.807) is 13.2 Å². The number of rotatable bonds is 5. The number of carbonyl (C=O) groups is 2. The molecule has 0 spiro atoms. The first-order chi connectivity index (χ1) is 16.0. The van der Waals surface area contributed by atoms with Crippen molar-refractivity contribution in [2.24, 2.45) is 0 Å². The van der Waals surface area contributed by atoms with Gasteiger partial charge in [0.05, 0.1) is 34.1 Å². The van der Waals surface area contributed by atoms with E-state index in [0.29, 0.717) is 11.6 Å². The zero-order chi connectivity index (χ0) is 22.9. The van der Waals surface area contributed by atoms with Crippen LogP contribution in [-0.2, 0) is 28.9 Å². The van der Waals surface area contributed by atoms with Gasteiger partial charge in [0, 0.05) is 37.5 Å². The average Bonchev–Trinajstić information content (AvgIpc) is 3.40. The Morgan fingerprint density at radius 2 is 1.97 bits per heavy atom. The average molecular weight is 459 g/mol. The molecule has 5 rings (SSSR count). The van der Waals surface area contributed by atoms with Crippen LogP contribution < -0.4 is 10.6 Å². The number of hydrogen-bond acceptors (Lipinski definition) is 6. The highest BCUT2D eigenvalue weighted by Crippen LogP contribution is 2.44. The van der Waals surface area contributed by atoms with E-state index in [4.69, 9.17) is 5.10 Å². The molecule has 1 aliphatic rings. The third-order valence-corrected chi connectivity index (χ3v) is 6.57. The quantitative estimate of drug-likeness (QED) is 0.477. The summed E-state index contributed by atoms with van der Waals surface area (Å²) < 4.78 is 1.94. The van der Waals surface area contributed by atoms with E-state index in [9.17, 15) is 9.59 Å². The van der Waals surface area contributed by atoms with Gasteiger partial charge in [0.2, 0.25) is 11.8 Å². The van der Waals surface area contributed by atoms with Crippen molar-refractivity contribution in [3.05, 3.63) is 65.6 Å². The molecule has 166 valence electrons.